The van der Waals surface area contributed by atoms with Crippen molar-refractivity contribution in [2.24, 2.45) is 0 Å². The first kappa shape index (κ1) is 12.6. The van der Waals surface area contributed by atoms with Crippen LogP contribution in [0, 0.1) is 11.3 Å². The molecule has 0 saturated heterocycles. The third kappa shape index (κ3) is 2.75. The number of hydrogen-bond acceptors (Lipinski definition) is 6. The van der Waals surface area contributed by atoms with Gasteiger partial charge >= 0.3 is 5.97 Å². The number of nitriles is 1. The van der Waals surface area contributed by atoms with Crippen LogP contribution in [0.3, 0.4) is 0 Å². The third-order valence-electron chi connectivity index (χ3n) is 1.51. The van der Waals surface area contributed by atoms with Crippen LogP contribution in [0.25, 0.3) is 0 Å². The molecule has 16 heavy (non-hydrogen) atoms. The van der Waals surface area contributed by atoms with Crippen molar-refractivity contribution >= 4 is 27.3 Å². The zero-order valence-corrected chi connectivity index (χ0v) is 9.51. The monoisotopic (exact) mass is 261 g/mol. The number of carboxylic acid groups (broad SMARTS) is 1. The number of thiazole rings is 1. The molecule has 0 fully saturated rings. The molecule has 0 spiro atoms. The van der Waals surface area contributed by atoms with Gasteiger partial charge in [0.05, 0.1) is 11.6 Å². The highest BCUT2D eigenvalue weighted by atomic mass is 32.2. The van der Waals surface area contributed by atoms with Crippen LogP contribution in [0.15, 0.2) is 9.72 Å². The van der Waals surface area contributed by atoms with Crippen LogP contribution in [0.2, 0.25) is 0 Å². The maximum Gasteiger partial charge on any atom is 0.356 e. The highest BCUT2D eigenvalue weighted by Crippen LogP contribution is 2.19. The molecule has 0 atom stereocenters. The zero-order valence-electron chi connectivity index (χ0n) is 7.87. The van der Waals surface area contributed by atoms with Gasteiger partial charge in [-0.2, -0.15) is 5.26 Å². The molecule has 0 aliphatic rings. The van der Waals surface area contributed by atoms with Crippen LogP contribution < -0.4 is 4.72 Å². The van der Waals surface area contributed by atoms with E-state index in [1.807, 2.05) is 0 Å². The Kier molecular flexibility index (Phi) is 3.94. The fourth-order valence-electron chi connectivity index (χ4n) is 0.875. The van der Waals surface area contributed by atoms with Gasteiger partial charge < -0.3 is 5.11 Å². The molecule has 1 heterocycles. The summed E-state index contributed by atoms with van der Waals surface area (Å²) in [6.07, 6.45) is 0.0143. The second-order valence-corrected chi connectivity index (χ2v) is 5.42. The third-order valence-corrected chi connectivity index (χ3v) is 4.34. The fraction of sp³-hybridized carbons (Fsp3) is 0.286. The molecule has 1 rings (SSSR count). The minimum atomic E-state index is -3.89. The first-order chi connectivity index (χ1) is 7.49. The molecule has 0 amide bonds. The van der Waals surface area contributed by atoms with E-state index >= 15 is 0 Å². The second kappa shape index (κ2) is 5.02. The summed E-state index contributed by atoms with van der Waals surface area (Å²) < 4.78 is 24.9. The van der Waals surface area contributed by atoms with Crippen molar-refractivity contribution in [1.82, 2.24) is 9.71 Å². The molecule has 1 aromatic rings. The van der Waals surface area contributed by atoms with Gasteiger partial charge in [0.25, 0.3) is 10.0 Å². The molecule has 0 saturated carbocycles. The van der Waals surface area contributed by atoms with Crippen molar-refractivity contribution in [3.05, 3.63) is 11.2 Å². The lowest BCUT2D eigenvalue weighted by Crippen LogP contribution is -2.25. The molecular weight excluding hydrogens is 254 g/mol. The van der Waals surface area contributed by atoms with Gasteiger partial charge in [-0.25, -0.2) is 22.9 Å². The Morgan fingerprint density at radius 1 is 1.69 bits per heavy atom. The molecule has 7 nitrogen and oxygen atoms in total. The second-order valence-electron chi connectivity index (χ2n) is 2.60. The van der Waals surface area contributed by atoms with E-state index in [0.29, 0.717) is 0 Å². The number of carbonyl (C=O) groups is 1. The number of sulfonamides is 1. The summed E-state index contributed by atoms with van der Waals surface area (Å²) in [5, 5.41) is 16.9. The zero-order chi connectivity index (χ0) is 12.2. The van der Waals surface area contributed by atoms with E-state index in [0.717, 1.165) is 16.8 Å². The predicted octanol–water partition coefficient (Wildman–Crippen LogP) is 0.0333. The molecule has 2 N–H and O–H groups in total. The quantitative estimate of drug-likeness (QED) is 0.721. The van der Waals surface area contributed by atoms with Gasteiger partial charge in [-0.3, -0.25) is 0 Å². The minimum Gasteiger partial charge on any atom is -0.476 e. The van der Waals surface area contributed by atoms with Crippen LogP contribution in [-0.2, 0) is 10.0 Å². The first-order valence-corrected chi connectivity index (χ1v) is 6.38. The summed E-state index contributed by atoms with van der Waals surface area (Å²) in [5.74, 6) is -1.40. The van der Waals surface area contributed by atoms with E-state index in [2.05, 4.69) is 9.71 Å². The topological polar surface area (TPSA) is 120 Å². The minimum absolute atomic E-state index is 0.0143. The van der Waals surface area contributed by atoms with Crippen molar-refractivity contribution in [2.45, 2.75) is 10.6 Å². The maximum atomic E-state index is 11.6. The molecule has 0 aliphatic carbocycles. The lowest BCUT2D eigenvalue weighted by atomic mass is 10.5. The van der Waals surface area contributed by atoms with Crippen LogP contribution >= 0.6 is 11.3 Å². The molecule has 0 radical (unpaired) electrons. The van der Waals surface area contributed by atoms with Crippen molar-refractivity contribution in [2.75, 3.05) is 6.54 Å². The molecule has 0 bridgehead atoms. The van der Waals surface area contributed by atoms with Crippen LogP contribution in [0.4, 0.5) is 0 Å². The van der Waals surface area contributed by atoms with Crippen LogP contribution in [0.5, 0.6) is 0 Å². The lowest BCUT2D eigenvalue weighted by Gasteiger charge is -2.02. The van der Waals surface area contributed by atoms with E-state index in [1.165, 1.54) is 0 Å². The fourth-order valence-corrected chi connectivity index (χ4v) is 3.09. The molecule has 86 valence electrons. The van der Waals surface area contributed by atoms with Crippen LogP contribution in [0.1, 0.15) is 16.9 Å². The Bertz CT molecular complexity index is 528. The average Bonchev–Trinajstić information content (AvgIpc) is 2.66. The number of nitrogens with one attached hydrogen (secondary N) is 1. The number of nitrogens with zero attached hydrogens (tertiary/aromatic N) is 2. The summed E-state index contributed by atoms with van der Waals surface area (Å²) in [6.45, 7) is -0.0597. The van der Waals surface area contributed by atoms with E-state index in [4.69, 9.17) is 10.4 Å². The van der Waals surface area contributed by atoms with E-state index in [-0.39, 0.29) is 17.2 Å². The highest BCUT2D eigenvalue weighted by molar-refractivity contribution is 7.91. The number of rotatable bonds is 5. The normalized spacial score (nSPS) is 10.9. The summed E-state index contributed by atoms with van der Waals surface area (Å²) >= 11 is 0.718. The van der Waals surface area contributed by atoms with Gasteiger partial charge in [0.15, 0.2) is 9.90 Å². The summed E-state index contributed by atoms with van der Waals surface area (Å²) in [7, 11) is -3.89. The van der Waals surface area contributed by atoms with Crippen molar-refractivity contribution in [3.8, 4) is 6.07 Å². The maximum absolute atomic E-state index is 11.6. The highest BCUT2D eigenvalue weighted by Gasteiger charge is 2.24. The van der Waals surface area contributed by atoms with Gasteiger partial charge in [-0.05, 0) is 0 Å². The van der Waals surface area contributed by atoms with Crippen molar-refractivity contribution in [1.29, 1.82) is 5.26 Å². The number of aromatic carboxylic acids is 1. The van der Waals surface area contributed by atoms with E-state index in [1.54, 1.807) is 6.07 Å². The van der Waals surface area contributed by atoms with Crippen molar-refractivity contribution in [3.63, 3.8) is 0 Å². The summed E-state index contributed by atoms with van der Waals surface area (Å²) in [6, 6.07) is 1.77. The van der Waals surface area contributed by atoms with Gasteiger partial charge in [0.2, 0.25) is 0 Å². The Morgan fingerprint density at radius 2 is 2.38 bits per heavy atom. The van der Waals surface area contributed by atoms with Gasteiger partial charge in [0.1, 0.15) is 0 Å². The molecule has 0 unspecified atom stereocenters. The van der Waals surface area contributed by atoms with Gasteiger partial charge in [0, 0.05) is 13.0 Å². The summed E-state index contributed by atoms with van der Waals surface area (Å²) in [4.78, 5) is 14.1. The largest absolute Gasteiger partial charge is 0.476 e. The number of hydrogen-bond donors (Lipinski definition) is 2. The Balaban J connectivity index is 2.95. The van der Waals surface area contributed by atoms with Crippen molar-refractivity contribution < 1.29 is 18.3 Å². The van der Waals surface area contributed by atoms with E-state index < -0.39 is 21.7 Å². The lowest BCUT2D eigenvalue weighted by molar-refractivity contribution is 0.0687. The smallest absolute Gasteiger partial charge is 0.356 e. The molecule has 1 aromatic heterocycles. The number of carboxylic acids is 1. The van der Waals surface area contributed by atoms with Crippen LogP contribution in [-0.4, -0.2) is 31.0 Å². The Hall–Kier alpha value is -1.50. The first-order valence-electron chi connectivity index (χ1n) is 4.02. The molecular formula is C7H7N3O4S2. The summed E-state index contributed by atoms with van der Waals surface area (Å²) in [5.41, 5.74) is 0.636. The average molecular weight is 261 g/mol. The predicted molar refractivity (Wildman–Crippen MR) is 54.5 cm³/mol. The SMILES string of the molecule is N#CCCNS(=O)(=O)c1scnc1C(=O)O. The standard InChI is InChI=1S/C7H7N3O4S2/c8-2-1-3-10-16(13,14)7-5(6(11)12)9-4-15-7/h4,10H,1,3H2,(H,11,12). The van der Waals surface area contributed by atoms with E-state index in [9.17, 15) is 13.2 Å². The molecule has 9 heteroatoms. The molecule has 0 aromatic carbocycles. The van der Waals surface area contributed by atoms with Gasteiger partial charge in [-0.15, -0.1) is 11.3 Å². The molecule has 0 aliphatic heterocycles. The Morgan fingerprint density at radius 3 is 2.94 bits per heavy atom. The Labute approximate surface area is 95.4 Å². The van der Waals surface area contributed by atoms with Gasteiger partial charge in [-0.1, -0.05) is 0 Å². The number of aromatic nitrogens is 1.